The van der Waals surface area contributed by atoms with Gasteiger partial charge in [-0.05, 0) is 25.7 Å². The molecule has 0 aromatic heterocycles. The van der Waals surface area contributed by atoms with E-state index in [4.69, 9.17) is 9.47 Å². The van der Waals surface area contributed by atoms with E-state index in [1.54, 1.807) is 12.2 Å². The Bertz CT molecular complexity index is 303. The van der Waals surface area contributed by atoms with Crippen molar-refractivity contribution in [1.82, 2.24) is 0 Å². The zero-order chi connectivity index (χ0) is 16.5. The molecule has 6 atom stereocenters. The van der Waals surface area contributed by atoms with Crippen molar-refractivity contribution >= 4 is 0 Å². The second-order valence-corrected chi connectivity index (χ2v) is 5.49. The maximum absolute atomic E-state index is 10.1. The molecule has 0 spiro atoms. The predicted octanol–water partition coefficient (Wildman–Crippen LogP) is 0.146. The summed E-state index contributed by atoms with van der Waals surface area (Å²) >= 11 is 0. The third kappa shape index (κ3) is 5.15. The standard InChI is InChI=1S/C16H28O6/c1-3-5-7-9-21-15-13(19)11(17)12(18)14(20)16(15)22-10-8-6-4-2/h3-4,11-20H,1-2,5-10H2/t11-,12-,13-,14-,15+,16+/m1/s1. The molecule has 22 heavy (non-hydrogen) atoms. The van der Waals surface area contributed by atoms with Crippen LogP contribution in [0.15, 0.2) is 25.3 Å². The first-order valence-corrected chi connectivity index (χ1v) is 7.71. The molecule has 1 rings (SSSR count). The van der Waals surface area contributed by atoms with Crippen LogP contribution in [0.3, 0.4) is 0 Å². The SMILES string of the molecule is C=CCCCO[C@H]1[C@H](O)[C@H](O)[C@@H](O)[C@@H](O)[C@@H]1OCCCC=C. The third-order valence-electron chi connectivity index (χ3n) is 3.77. The van der Waals surface area contributed by atoms with Crippen LogP contribution in [0.5, 0.6) is 0 Å². The Balaban J connectivity index is 2.65. The molecule has 0 heterocycles. The van der Waals surface area contributed by atoms with Crippen LogP contribution >= 0.6 is 0 Å². The molecule has 4 N–H and O–H groups in total. The molecule has 0 aliphatic heterocycles. The van der Waals surface area contributed by atoms with Crippen molar-refractivity contribution < 1.29 is 29.9 Å². The summed E-state index contributed by atoms with van der Waals surface area (Å²) in [7, 11) is 0. The predicted molar refractivity (Wildman–Crippen MR) is 82.4 cm³/mol. The summed E-state index contributed by atoms with van der Waals surface area (Å²) in [5.74, 6) is 0. The van der Waals surface area contributed by atoms with Crippen molar-refractivity contribution in [3.05, 3.63) is 25.3 Å². The van der Waals surface area contributed by atoms with Crippen molar-refractivity contribution in [2.75, 3.05) is 13.2 Å². The molecule has 6 nitrogen and oxygen atoms in total. The summed E-state index contributed by atoms with van der Waals surface area (Å²) in [6.07, 6.45) is -0.853. The molecule has 0 saturated heterocycles. The van der Waals surface area contributed by atoms with E-state index >= 15 is 0 Å². The van der Waals surface area contributed by atoms with Crippen molar-refractivity contribution in [1.29, 1.82) is 0 Å². The van der Waals surface area contributed by atoms with Gasteiger partial charge in [-0.15, -0.1) is 13.2 Å². The first-order chi connectivity index (χ1) is 10.5. The highest BCUT2D eigenvalue weighted by molar-refractivity contribution is 5.00. The molecular weight excluding hydrogens is 288 g/mol. The van der Waals surface area contributed by atoms with Crippen LogP contribution in [0.4, 0.5) is 0 Å². The number of ether oxygens (including phenoxy) is 2. The highest BCUT2D eigenvalue weighted by Gasteiger charge is 2.50. The summed E-state index contributed by atoms with van der Waals surface area (Å²) in [6, 6.07) is 0. The zero-order valence-electron chi connectivity index (χ0n) is 12.9. The molecule has 1 aliphatic rings. The van der Waals surface area contributed by atoms with Crippen molar-refractivity contribution in [2.24, 2.45) is 0 Å². The molecule has 0 bridgehead atoms. The minimum Gasteiger partial charge on any atom is -0.387 e. The molecule has 1 saturated carbocycles. The smallest absolute Gasteiger partial charge is 0.115 e. The average molecular weight is 316 g/mol. The lowest BCUT2D eigenvalue weighted by atomic mass is 9.84. The number of aliphatic hydroxyl groups excluding tert-OH is 4. The Hall–Kier alpha value is -0.760. The van der Waals surface area contributed by atoms with Gasteiger partial charge in [-0.1, -0.05) is 12.2 Å². The molecule has 0 unspecified atom stereocenters. The minimum atomic E-state index is -1.47. The van der Waals surface area contributed by atoms with Gasteiger partial charge in [-0.25, -0.2) is 0 Å². The molecular formula is C16H28O6. The largest absolute Gasteiger partial charge is 0.387 e. The quantitative estimate of drug-likeness (QED) is 0.338. The minimum absolute atomic E-state index is 0.343. The van der Waals surface area contributed by atoms with E-state index in [1.807, 2.05) is 0 Å². The van der Waals surface area contributed by atoms with Gasteiger partial charge in [0.1, 0.15) is 36.6 Å². The average Bonchev–Trinajstić information content (AvgIpc) is 2.52. The lowest BCUT2D eigenvalue weighted by molar-refractivity contribution is -0.246. The van der Waals surface area contributed by atoms with E-state index in [1.165, 1.54) is 0 Å². The topological polar surface area (TPSA) is 99.4 Å². The van der Waals surface area contributed by atoms with Crippen LogP contribution in [0.25, 0.3) is 0 Å². The molecule has 0 aromatic rings. The highest BCUT2D eigenvalue weighted by atomic mass is 16.6. The van der Waals surface area contributed by atoms with Crippen LogP contribution in [-0.4, -0.2) is 70.3 Å². The Morgan fingerprint density at radius 1 is 0.682 bits per heavy atom. The Kier molecular flexibility index (Phi) is 8.85. The van der Waals surface area contributed by atoms with Crippen LogP contribution < -0.4 is 0 Å². The second-order valence-electron chi connectivity index (χ2n) is 5.49. The second kappa shape index (κ2) is 10.1. The van der Waals surface area contributed by atoms with Crippen molar-refractivity contribution in [2.45, 2.75) is 62.3 Å². The maximum atomic E-state index is 10.1. The van der Waals surface area contributed by atoms with Gasteiger partial charge in [-0.2, -0.15) is 0 Å². The zero-order valence-corrected chi connectivity index (χ0v) is 12.9. The molecule has 0 aromatic carbocycles. The van der Waals surface area contributed by atoms with Crippen molar-refractivity contribution in [3.63, 3.8) is 0 Å². The monoisotopic (exact) mass is 316 g/mol. The van der Waals surface area contributed by atoms with Gasteiger partial charge in [0, 0.05) is 13.2 Å². The maximum Gasteiger partial charge on any atom is 0.115 e. The third-order valence-corrected chi connectivity index (χ3v) is 3.77. The van der Waals surface area contributed by atoms with E-state index in [9.17, 15) is 20.4 Å². The Labute approximate surface area is 131 Å². The number of hydrogen-bond acceptors (Lipinski definition) is 6. The van der Waals surface area contributed by atoms with Crippen LogP contribution in [0.2, 0.25) is 0 Å². The van der Waals surface area contributed by atoms with Gasteiger partial charge < -0.3 is 29.9 Å². The van der Waals surface area contributed by atoms with Crippen LogP contribution in [-0.2, 0) is 9.47 Å². The summed E-state index contributed by atoms with van der Waals surface area (Å²) in [4.78, 5) is 0. The van der Waals surface area contributed by atoms with E-state index in [2.05, 4.69) is 13.2 Å². The van der Waals surface area contributed by atoms with Crippen LogP contribution in [0.1, 0.15) is 25.7 Å². The van der Waals surface area contributed by atoms with Gasteiger partial charge >= 0.3 is 0 Å². The number of allylic oxidation sites excluding steroid dienone is 2. The summed E-state index contributed by atoms with van der Waals surface area (Å²) in [6.45, 7) is 7.92. The van der Waals surface area contributed by atoms with Crippen molar-refractivity contribution in [3.8, 4) is 0 Å². The van der Waals surface area contributed by atoms with Gasteiger partial charge in [0.05, 0.1) is 0 Å². The summed E-state index contributed by atoms with van der Waals surface area (Å²) in [5.41, 5.74) is 0. The fourth-order valence-electron chi connectivity index (χ4n) is 2.46. The number of rotatable bonds is 10. The fourth-order valence-corrected chi connectivity index (χ4v) is 2.46. The molecule has 1 fully saturated rings. The summed E-state index contributed by atoms with van der Waals surface area (Å²) in [5, 5.41) is 39.8. The van der Waals surface area contributed by atoms with E-state index in [-0.39, 0.29) is 0 Å². The lowest BCUT2D eigenvalue weighted by Crippen LogP contribution is -2.65. The fraction of sp³-hybridized carbons (Fsp3) is 0.750. The van der Waals surface area contributed by atoms with Gasteiger partial charge in [0.25, 0.3) is 0 Å². The normalized spacial score (nSPS) is 35.3. The first-order valence-electron chi connectivity index (χ1n) is 7.71. The van der Waals surface area contributed by atoms with Gasteiger partial charge in [0.2, 0.25) is 0 Å². The lowest BCUT2D eigenvalue weighted by Gasteiger charge is -2.43. The number of hydrogen-bond donors (Lipinski definition) is 4. The Morgan fingerprint density at radius 3 is 1.36 bits per heavy atom. The number of aliphatic hydroxyl groups is 4. The summed E-state index contributed by atoms with van der Waals surface area (Å²) < 4.78 is 11.2. The molecule has 6 heteroatoms. The Morgan fingerprint density at radius 2 is 1.05 bits per heavy atom. The van der Waals surface area contributed by atoms with Gasteiger partial charge in [0.15, 0.2) is 0 Å². The molecule has 128 valence electrons. The first kappa shape index (κ1) is 19.3. The molecule has 0 amide bonds. The highest BCUT2D eigenvalue weighted by Crippen LogP contribution is 2.26. The van der Waals surface area contributed by atoms with Gasteiger partial charge in [-0.3, -0.25) is 0 Å². The molecule has 1 aliphatic carbocycles. The van der Waals surface area contributed by atoms with Crippen LogP contribution in [0, 0.1) is 0 Å². The van der Waals surface area contributed by atoms with E-state index in [0.717, 1.165) is 12.8 Å². The number of unbranched alkanes of at least 4 members (excludes halogenated alkanes) is 2. The van der Waals surface area contributed by atoms with E-state index < -0.39 is 36.6 Å². The molecule has 0 radical (unpaired) electrons. The van der Waals surface area contributed by atoms with E-state index in [0.29, 0.717) is 26.1 Å².